The van der Waals surface area contributed by atoms with Crippen molar-refractivity contribution in [2.24, 2.45) is 0 Å². The zero-order valence-corrected chi connectivity index (χ0v) is 11.1. The van der Waals surface area contributed by atoms with Gasteiger partial charge in [-0.2, -0.15) is 13.2 Å². The lowest BCUT2D eigenvalue weighted by Crippen LogP contribution is -2.31. The fourth-order valence-corrected chi connectivity index (χ4v) is 2.33. The van der Waals surface area contributed by atoms with Crippen molar-refractivity contribution in [3.63, 3.8) is 0 Å². The van der Waals surface area contributed by atoms with Crippen molar-refractivity contribution < 1.29 is 13.2 Å². The summed E-state index contributed by atoms with van der Waals surface area (Å²) >= 11 is 0. The van der Waals surface area contributed by atoms with E-state index in [0.717, 1.165) is 44.0 Å². The number of alkyl halides is 3. The van der Waals surface area contributed by atoms with E-state index in [1.165, 1.54) is 25.0 Å². The highest BCUT2D eigenvalue weighted by Crippen LogP contribution is 2.30. The minimum Gasteiger partial charge on any atom is -0.373 e. The van der Waals surface area contributed by atoms with Gasteiger partial charge >= 0.3 is 6.18 Å². The molecule has 5 heteroatoms. The van der Waals surface area contributed by atoms with Crippen LogP contribution < -0.4 is 4.90 Å². The van der Waals surface area contributed by atoms with E-state index >= 15 is 0 Å². The standard InChI is InChI=1S/C14H19F3N2/c1-18(10-11-19-8-2-3-9-19)13-6-4-12(5-7-13)14(15,16)17/h4-7H,2-3,8-11H2,1H3. The fraction of sp³-hybridized carbons (Fsp3) is 0.571. The van der Waals surface area contributed by atoms with Crippen LogP contribution in [0.3, 0.4) is 0 Å². The third kappa shape index (κ3) is 3.86. The lowest BCUT2D eigenvalue weighted by Gasteiger charge is -2.23. The van der Waals surface area contributed by atoms with Gasteiger partial charge in [0.15, 0.2) is 0 Å². The van der Waals surface area contributed by atoms with E-state index in [0.29, 0.717) is 0 Å². The molecule has 0 amide bonds. The van der Waals surface area contributed by atoms with E-state index < -0.39 is 11.7 Å². The number of likely N-dealkylation sites (tertiary alicyclic amines) is 1. The Balaban J connectivity index is 1.89. The summed E-state index contributed by atoms with van der Waals surface area (Å²) in [6.45, 7) is 4.09. The molecule has 106 valence electrons. The van der Waals surface area contributed by atoms with Crippen molar-refractivity contribution in [2.45, 2.75) is 19.0 Å². The summed E-state index contributed by atoms with van der Waals surface area (Å²) in [5.74, 6) is 0. The Kier molecular flexibility index (Phi) is 4.34. The second-order valence-corrected chi connectivity index (χ2v) is 5.01. The zero-order chi connectivity index (χ0) is 13.9. The van der Waals surface area contributed by atoms with Crippen LogP contribution in [-0.4, -0.2) is 38.1 Å². The first kappa shape index (κ1) is 14.2. The smallest absolute Gasteiger partial charge is 0.373 e. The Bertz CT molecular complexity index is 394. The highest BCUT2D eigenvalue weighted by atomic mass is 19.4. The molecule has 0 aromatic heterocycles. The second-order valence-electron chi connectivity index (χ2n) is 5.01. The second kappa shape index (κ2) is 5.82. The first-order valence-corrected chi connectivity index (χ1v) is 6.57. The van der Waals surface area contributed by atoms with Crippen molar-refractivity contribution in [2.75, 3.05) is 38.1 Å². The first-order chi connectivity index (χ1) is 8.97. The lowest BCUT2D eigenvalue weighted by molar-refractivity contribution is -0.137. The van der Waals surface area contributed by atoms with Crippen molar-refractivity contribution in [3.05, 3.63) is 29.8 Å². The lowest BCUT2D eigenvalue weighted by atomic mass is 10.2. The number of benzene rings is 1. The molecule has 2 rings (SSSR count). The molecule has 1 aliphatic rings. The average Bonchev–Trinajstić information content (AvgIpc) is 2.88. The van der Waals surface area contributed by atoms with Crippen molar-refractivity contribution in [3.8, 4) is 0 Å². The van der Waals surface area contributed by atoms with Crippen LogP contribution in [0.15, 0.2) is 24.3 Å². The molecule has 19 heavy (non-hydrogen) atoms. The summed E-state index contributed by atoms with van der Waals surface area (Å²) in [7, 11) is 1.92. The van der Waals surface area contributed by atoms with Gasteiger partial charge in [-0.1, -0.05) is 0 Å². The summed E-state index contributed by atoms with van der Waals surface area (Å²) in [5, 5.41) is 0. The topological polar surface area (TPSA) is 6.48 Å². The molecule has 1 saturated heterocycles. The van der Waals surface area contributed by atoms with Crippen LogP contribution >= 0.6 is 0 Å². The average molecular weight is 272 g/mol. The minimum absolute atomic E-state index is 0.593. The van der Waals surface area contributed by atoms with Crippen LogP contribution in [0, 0.1) is 0 Å². The predicted octanol–water partition coefficient (Wildman–Crippen LogP) is 3.24. The van der Waals surface area contributed by atoms with Crippen molar-refractivity contribution >= 4 is 5.69 Å². The molecule has 0 atom stereocenters. The molecule has 0 spiro atoms. The highest BCUT2D eigenvalue weighted by Gasteiger charge is 2.30. The summed E-state index contributed by atoms with van der Waals surface area (Å²) in [4.78, 5) is 4.39. The van der Waals surface area contributed by atoms with Gasteiger partial charge in [0, 0.05) is 25.8 Å². The van der Waals surface area contributed by atoms with Crippen LogP contribution in [0.5, 0.6) is 0 Å². The highest BCUT2D eigenvalue weighted by molar-refractivity contribution is 5.47. The molecule has 0 N–H and O–H groups in total. The van der Waals surface area contributed by atoms with Gasteiger partial charge < -0.3 is 9.80 Å². The molecule has 1 heterocycles. The van der Waals surface area contributed by atoms with Gasteiger partial charge in [-0.3, -0.25) is 0 Å². The van der Waals surface area contributed by atoms with E-state index in [1.54, 1.807) is 0 Å². The first-order valence-electron chi connectivity index (χ1n) is 6.57. The maximum Gasteiger partial charge on any atom is 0.416 e. The SMILES string of the molecule is CN(CCN1CCCC1)c1ccc(C(F)(F)F)cc1. The van der Waals surface area contributed by atoms with Gasteiger partial charge in [0.05, 0.1) is 5.56 Å². The molecule has 1 aromatic rings. The van der Waals surface area contributed by atoms with Crippen LogP contribution in [0.25, 0.3) is 0 Å². The van der Waals surface area contributed by atoms with Gasteiger partial charge in [-0.05, 0) is 50.2 Å². The van der Waals surface area contributed by atoms with E-state index in [2.05, 4.69) is 4.90 Å². The molecule has 1 aromatic carbocycles. The molecule has 2 nitrogen and oxygen atoms in total. The number of hydrogen-bond donors (Lipinski definition) is 0. The summed E-state index contributed by atoms with van der Waals surface area (Å²) in [6.07, 6.45) is -1.75. The van der Waals surface area contributed by atoms with E-state index in [1.807, 2.05) is 11.9 Å². The third-order valence-corrected chi connectivity index (χ3v) is 3.59. The minimum atomic E-state index is -4.26. The van der Waals surface area contributed by atoms with E-state index in [9.17, 15) is 13.2 Å². The maximum atomic E-state index is 12.5. The molecule has 0 bridgehead atoms. The monoisotopic (exact) mass is 272 g/mol. The summed E-state index contributed by atoms with van der Waals surface area (Å²) < 4.78 is 37.4. The zero-order valence-electron chi connectivity index (χ0n) is 11.1. The number of halogens is 3. The van der Waals surface area contributed by atoms with Crippen LogP contribution in [0.1, 0.15) is 18.4 Å². The number of hydrogen-bond acceptors (Lipinski definition) is 2. The Morgan fingerprint density at radius 3 is 2.21 bits per heavy atom. The van der Waals surface area contributed by atoms with Gasteiger partial charge in [0.1, 0.15) is 0 Å². The molecule has 1 aliphatic heterocycles. The quantitative estimate of drug-likeness (QED) is 0.830. The Labute approximate surface area is 111 Å². The predicted molar refractivity (Wildman–Crippen MR) is 70.4 cm³/mol. The number of likely N-dealkylation sites (N-methyl/N-ethyl adjacent to an activating group) is 1. The van der Waals surface area contributed by atoms with Gasteiger partial charge in [-0.25, -0.2) is 0 Å². The molecule has 1 fully saturated rings. The largest absolute Gasteiger partial charge is 0.416 e. The molecular weight excluding hydrogens is 253 g/mol. The van der Waals surface area contributed by atoms with Crippen LogP contribution in [0.2, 0.25) is 0 Å². The van der Waals surface area contributed by atoms with Crippen molar-refractivity contribution in [1.29, 1.82) is 0 Å². The third-order valence-electron chi connectivity index (χ3n) is 3.59. The molecular formula is C14H19F3N2. The fourth-order valence-electron chi connectivity index (χ4n) is 2.33. The Morgan fingerprint density at radius 1 is 1.11 bits per heavy atom. The van der Waals surface area contributed by atoms with Crippen molar-refractivity contribution in [1.82, 2.24) is 4.90 Å². The Hall–Kier alpha value is -1.23. The van der Waals surface area contributed by atoms with E-state index in [-0.39, 0.29) is 0 Å². The van der Waals surface area contributed by atoms with Gasteiger partial charge in [0.2, 0.25) is 0 Å². The number of anilines is 1. The Morgan fingerprint density at radius 2 is 1.68 bits per heavy atom. The summed E-state index contributed by atoms with van der Waals surface area (Å²) in [5.41, 5.74) is 0.233. The number of rotatable bonds is 4. The molecule has 0 aliphatic carbocycles. The summed E-state index contributed by atoms with van der Waals surface area (Å²) in [6, 6.07) is 5.35. The molecule has 0 radical (unpaired) electrons. The molecule has 0 saturated carbocycles. The normalized spacial score (nSPS) is 16.8. The van der Waals surface area contributed by atoms with Crippen LogP contribution in [0.4, 0.5) is 18.9 Å². The van der Waals surface area contributed by atoms with E-state index in [4.69, 9.17) is 0 Å². The maximum absolute atomic E-state index is 12.5. The van der Waals surface area contributed by atoms with Gasteiger partial charge in [0.25, 0.3) is 0 Å². The van der Waals surface area contributed by atoms with Crippen LogP contribution in [-0.2, 0) is 6.18 Å². The van der Waals surface area contributed by atoms with Gasteiger partial charge in [-0.15, -0.1) is 0 Å². The molecule has 0 unspecified atom stereocenters. The number of nitrogens with zero attached hydrogens (tertiary/aromatic N) is 2.